The van der Waals surface area contributed by atoms with Crippen LogP contribution in [-0.4, -0.2) is 17.4 Å². The highest BCUT2D eigenvalue weighted by atomic mass is 32.1. The Morgan fingerprint density at radius 1 is 1.67 bits per heavy atom. The van der Waals surface area contributed by atoms with Gasteiger partial charge in [-0.15, -0.1) is 11.3 Å². The molecular formula is C10H17N3OS. The van der Waals surface area contributed by atoms with E-state index in [1.165, 1.54) is 0 Å². The van der Waals surface area contributed by atoms with Crippen LogP contribution in [0.3, 0.4) is 0 Å². The van der Waals surface area contributed by atoms with Crippen molar-refractivity contribution in [1.82, 2.24) is 10.3 Å². The van der Waals surface area contributed by atoms with Crippen molar-refractivity contribution in [3.63, 3.8) is 0 Å². The maximum absolute atomic E-state index is 10.8. The minimum absolute atomic E-state index is 0.145. The molecular weight excluding hydrogens is 210 g/mol. The van der Waals surface area contributed by atoms with Gasteiger partial charge in [-0.25, -0.2) is 4.98 Å². The molecule has 2 unspecified atom stereocenters. The first-order valence-electron chi connectivity index (χ1n) is 4.95. The van der Waals surface area contributed by atoms with E-state index < -0.39 is 0 Å². The molecule has 0 spiro atoms. The molecule has 1 amide bonds. The van der Waals surface area contributed by atoms with E-state index in [-0.39, 0.29) is 17.9 Å². The van der Waals surface area contributed by atoms with Crippen LogP contribution in [-0.2, 0) is 4.79 Å². The highest BCUT2D eigenvalue weighted by molar-refractivity contribution is 7.09. The Morgan fingerprint density at radius 2 is 2.33 bits per heavy atom. The number of rotatable bonds is 5. The number of aromatic nitrogens is 1. The SMILES string of the molecule is Cc1csc(C(C)NCC(C)C(N)=O)n1. The summed E-state index contributed by atoms with van der Waals surface area (Å²) in [5, 5.41) is 6.30. The lowest BCUT2D eigenvalue weighted by Gasteiger charge is -2.13. The molecule has 1 aromatic heterocycles. The average Bonchev–Trinajstić information content (AvgIpc) is 2.60. The largest absolute Gasteiger partial charge is 0.369 e. The van der Waals surface area contributed by atoms with Gasteiger partial charge in [0.15, 0.2) is 0 Å². The molecule has 0 aliphatic heterocycles. The van der Waals surface area contributed by atoms with Gasteiger partial charge >= 0.3 is 0 Å². The average molecular weight is 227 g/mol. The standard InChI is InChI=1S/C10H17N3OS/c1-6(9(11)14)4-12-8(3)10-13-7(2)5-15-10/h5-6,8,12H,4H2,1-3H3,(H2,11,14). The number of carbonyl (C=O) groups excluding carboxylic acids is 1. The Labute approximate surface area is 93.9 Å². The number of primary amides is 1. The van der Waals surface area contributed by atoms with E-state index in [1.54, 1.807) is 11.3 Å². The van der Waals surface area contributed by atoms with E-state index in [1.807, 2.05) is 26.2 Å². The lowest BCUT2D eigenvalue weighted by molar-refractivity contribution is -0.121. The number of thiazole rings is 1. The summed E-state index contributed by atoms with van der Waals surface area (Å²) in [6.45, 7) is 6.41. The first-order chi connectivity index (χ1) is 7.00. The molecule has 0 aromatic carbocycles. The zero-order valence-electron chi connectivity index (χ0n) is 9.28. The molecule has 1 heterocycles. The molecule has 0 bridgehead atoms. The quantitative estimate of drug-likeness (QED) is 0.795. The summed E-state index contributed by atoms with van der Waals surface area (Å²) in [5.74, 6) is -0.418. The van der Waals surface area contributed by atoms with Crippen molar-refractivity contribution < 1.29 is 4.79 Å². The van der Waals surface area contributed by atoms with Crippen LogP contribution < -0.4 is 11.1 Å². The van der Waals surface area contributed by atoms with Gasteiger partial charge in [0.05, 0.1) is 6.04 Å². The fourth-order valence-corrected chi connectivity index (χ4v) is 1.94. The van der Waals surface area contributed by atoms with Gasteiger partial charge in [-0.3, -0.25) is 4.79 Å². The van der Waals surface area contributed by atoms with Crippen LogP contribution in [0.2, 0.25) is 0 Å². The topological polar surface area (TPSA) is 68.0 Å². The van der Waals surface area contributed by atoms with Crippen molar-refractivity contribution in [2.24, 2.45) is 11.7 Å². The van der Waals surface area contributed by atoms with Gasteiger partial charge in [0.2, 0.25) is 5.91 Å². The van der Waals surface area contributed by atoms with Crippen LogP contribution in [0.25, 0.3) is 0 Å². The van der Waals surface area contributed by atoms with Crippen LogP contribution in [0, 0.1) is 12.8 Å². The molecule has 0 radical (unpaired) electrons. The van der Waals surface area contributed by atoms with Crippen molar-refractivity contribution in [2.75, 3.05) is 6.54 Å². The van der Waals surface area contributed by atoms with E-state index in [4.69, 9.17) is 5.73 Å². The molecule has 5 heteroatoms. The molecule has 0 aliphatic rings. The third-order valence-electron chi connectivity index (χ3n) is 2.22. The van der Waals surface area contributed by atoms with E-state index in [2.05, 4.69) is 10.3 Å². The van der Waals surface area contributed by atoms with E-state index >= 15 is 0 Å². The number of aryl methyl sites for hydroxylation is 1. The number of hydrogen-bond donors (Lipinski definition) is 2. The van der Waals surface area contributed by atoms with Gasteiger partial charge in [-0.2, -0.15) is 0 Å². The zero-order chi connectivity index (χ0) is 11.4. The van der Waals surface area contributed by atoms with Gasteiger partial charge in [0.25, 0.3) is 0 Å². The summed E-state index contributed by atoms with van der Waals surface area (Å²) in [6.07, 6.45) is 0. The lowest BCUT2D eigenvalue weighted by Crippen LogP contribution is -2.32. The summed E-state index contributed by atoms with van der Waals surface area (Å²) >= 11 is 1.63. The van der Waals surface area contributed by atoms with Gasteiger partial charge in [0.1, 0.15) is 5.01 Å². The van der Waals surface area contributed by atoms with Gasteiger partial charge in [-0.05, 0) is 13.8 Å². The summed E-state index contributed by atoms with van der Waals surface area (Å²) in [6, 6.07) is 0.172. The van der Waals surface area contributed by atoms with Crippen LogP contribution in [0.15, 0.2) is 5.38 Å². The summed E-state index contributed by atoms with van der Waals surface area (Å²) < 4.78 is 0. The third-order valence-corrected chi connectivity index (χ3v) is 3.37. The maximum Gasteiger partial charge on any atom is 0.221 e. The van der Waals surface area contributed by atoms with Crippen molar-refractivity contribution >= 4 is 17.2 Å². The molecule has 1 rings (SSSR count). The first kappa shape index (κ1) is 12.1. The molecule has 15 heavy (non-hydrogen) atoms. The molecule has 0 aliphatic carbocycles. The van der Waals surface area contributed by atoms with Gasteiger partial charge in [-0.1, -0.05) is 6.92 Å². The molecule has 1 aromatic rings. The third kappa shape index (κ3) is 3.60. The molecule has 84 valence electrons. The smallest absolute Gasteiger partial charge is 0.221 e. The number of nitrogens with one attached hydrogen (secondary N) is 1. The van der Waals surface area contributed by atoms with Crippen LogP contribution in [0.5, 0.6) is 0 Å². The maximum atomic E-state index is 10.8. The van der Waals surface area contributed by atoms with E-state index in [0.29, 0.717) is 6.54 Å². The number of hydrogen-bond acceptors (Lipinski definition) is 4. The normalized spacial score (nSPS) is 14.9. The Balaban J connectivity index is 2.43. The van der Waals surface area contributed by atoms with Crippen LogP contribution in [0.1, 0.15) is 30.6 Å². The second kappa shape index (κ2) is 5.23. The Bertz CT molecular complexity index is 337. The predicted molar refractivity (Wildman–Crippen MR) is 61.6 cm³/mol. The molecule has 0 saturated heterocycles. The molecule has 3 N–H and O–H groups in total. The van der Waals surface area contributed by atoms with E-state index in [0.717, 1.165) is 10.7 Å². The lowest BCUT2D eigenvalue weighted by atomic mass is 10.1. The zero-order valence-corrected chi connectivity index (χ0v) is 10.1. The second-order valence-electron chi connectivity index (χ2n) is 3.76. The number of carbonyl (C=O) groups is 1. The summed E-state index contributed by atoms with van der Waals surface area (Å²) in [5.41, 5.74) is 6.21. The minimum Gasteiger partial charge on any atom is -0.369 e. The predicted octanol–water partition coefficient (Wildman–Crippen LogP) is 1.22. The Morgan fingerprint density at radius 3 is 2.80 bits per heavy atom. The Hall–Kier alpha value is -0.940. The molecule has 4 nitrogen and oxygen atoms in total. The van der Waals surface area contributed by atoms with Gasteiger partial charge in [0, 0.05) is 23.5 Å². The van der Waals surface area contributed by atoms with Crippen molar-refractivity contribution in [2.45, 2.75) is 26.8 Å². The summed E-state index contributed by atoms with van der Waals surface area (Å²) in [4.78, 5) is 15.2. The number of nitrogens with two attached hydrogens (primary N) is 1. The van der Waals surface area contributed by atoms with E-state index in [9.17, 15) is 4.79 Å². The van der Waals surface area contributed by atoms with Crippen molar-refractivity contribution in [1.29, 1.82) is 0 Å². The Kier molecular flexibility index (Phi) is 4.23. The van der Waals surface area contributed by atoms with Crippen LogP contribution >= 0.6 is 11.3 Å². The molecule has 0 saturated carbocycles. The minimum atomic E-state index is -0.273. The van der Waals surface area contributed by atoms with Crippen molar-refractivity contribution in [3.8, 4) is 0 Å². The van der Waals surface area contributed by atoms with Gasteiger partial charge < -0.3 is 11.1 Å². The highest BCUT2D eigenvalue weighted by Crippen LogP contribution is 2.17. The van der Waals surface area contributed by atoms with Crippen molar-refractivity contribution in [3.05, 3.63) is 16.1 Å². The number of amides is 1. The molecule has 2 atom stereocenters. The highest BCUT2D eigenvalue weighted by Gasteiger charge is 2.13. The van der Waals surface area contributed by atoms with Crippen LogP contribution in [0.4, 0.5) is 0 Å². The molecule has 0 fully saturated rings. The summed E-state index contributed by atoms with van der Waals surface area (Å²) in [7, 11) is 0. The number of nitrogens with zero attached hydrogens (tertiary/aromatic N) is 1. The first-order valence-corrected chi connectivity index (χ1v) is 5.83. The fourth-order valence-electron chi connectivity index (χ4n) is 1.11. The fraction of sp³-hybridized carbons (Fsp3) is 0.600. The second-order valence-corrected chi connectivity index (χ2v) is 4.65. The monoisotopic (exact) mass is 227 g/mol.